The fourth-order valence-corrected chi connectivity index (χ4v) is 2.63. The summed E-state index contributed by atoms with van der Waals surface area (Å²) in [7, 11) is 0. The second-order valence-corrected chi connectivity index (χ2v) is 6.79. The molecule has 1 aromatic heterocycles. The summed E-state index contributed by atoms with van der Waals surface area (Å²) in [4.78, 5) is 24.9. The van der Waals surface area contributed by atoms with E-state index in [1.807, 2.05) is 24.7 Å². The first kappa shape index (κ1) is 16.9. The standard InChI is InChI=1S/C16H19ClN2O2S/c1-4-19-9-13(16(21)18-8-10(2)22-3)15(20)12-7-11(17)5-6-14(12)19/h5-7,9-10H,4,8H2,1-3H3,(H,18,21)/t10-/m0/s1. The minimum atomic E-state index is -0.338. The number of halogens is 1. The number of carbonyl (C=O) groups is 1. The van der Waals surface area contributed by atoms with Crippen LogP contribution in [0.25, 0.3) is 10.9 Å². The third kappa shape index (κ3) is 3.47. The molecule has 0 bridgehead atoms. The number of benzene rings is 1. The fourth-order valence-electron chi connectivity index (χ4n) is 2.21. The minimum Gasteiger partial charge on any atom is -0.351 e. The van der Waals surface area contributed by atoms with E-state index in [9.17, 15) is 9.59 Å². The Labute approximate surface area is 138 Å². The summed E-state index contributed by atoms with van der Waals surface area (Å²) in [6, 6.07) is 5.17. The molecule has 0 aliphatic heterocycles. The van der Waals surface area contributed by atoms with E-state index >= 15 is 0 Å². The lowest BCUT2D eigenvalue weighted by Gasteiger charge is -2.13. The number of aryl methyl sites for hydroxylation is 1. The smallest absolute Gasteiger partial charge is 0.256 e. The number of pyridine rings is 1. The van der Waals surface area contributed by atoms with Gasteiger partial charge in [0, 0.05) is 34.9 Å². The van der Waals surface area contributed by atoms with E-state index in [-0.39, 0.29) is 16.9 Å². The molecule has 6 heteroatoms. The molecule has 0 fully saturated rings. The van der Waals surface area contributed by atoms with Gasteiger partial charge in [0.2, 0.25) is 5.43 Å². The molecule has 1 atom stereocenters. The van der Waals surface area contributed by atoms with Crippen molar-refractivity contribution in [3.05, 3.63) is 45.2 Å². The Morgan fingerprint density at radius 2 is 2.18 bits per heavy atom. The summed E-state index contributed by atoms with van der Waals surface area (Å²) in [6.07, 6.45) is 3.61. The molecular formula is C16H19ClN2O2S. The molecule has 4 nitrogen and oxygen atoms in total. The van der Waals surface area contributed by atoms with Crippen molar-refractivity contribution < 1.29 is 4.79 Å². The zero-order valence-corrected chi connectivity index (χ0v) is 14.4. The van der Waals surface area contributed by atoms with Crippen LogP contribution in [-0.4, -0.2) is 28.5 Å². The first-order valence-electron chi connectivity index (χ1n) is 7.11. The predicted molar refractivity (Wildman–Crippen MR) is 94.2 cm³/mol. The molecule has 2 aromatic rings. The molecule has 118 valence electrons. The quantitative estimate of drug-likeness (QED) is 0.911. The summed E-state index contributed by atoms with van der Waals surface area (Å²) in [5.74, 6) is -0.338. The largest absolute Gasteiger partial charge is 0.351 e. The van der Waals surface area contributed by atoms with Crippen LogP contribution < -0.4 is 10.7 Å². The Kier molecular flexibility index (Phi) is 5.53. The summed E-state index contributed by atoms with van der Waals surface area (Å²) in [5.41, 5.74) is 0.660. The van der Waals surface area contributed by atoms with Gasteiger partial charge in [-0.05, 0) is 31.4 Å². The lowest BCUT2D eigenvalue weighted by atomic mass is 10.1. The number of aromatic nitrogens is 1. The van der Waals surface area contributed by atoms with Crippen molar-refractivity contribution in [3.8, 4) is 0 Å². The Hall–Kier alpha value is -1.46. The Morgan fingerprint density at radius 3 is 2.82 bits per heavy atom. The molecule has 22 heavy (non-hydrogen) atoms. The van der Waals surface area contributed by atoms with Gasteiger partial charge in [-0.1, -0.05) is 18.5 Å². The molecule has 1 amide bonds. The summed E-state index contributed by atoms with van der Waals surface area (Å²) in [5, 5.41) is 4.07. The number of hydrogen-bond donors (Lipinski definition) is 1. The van der Waals surface area contributed by atoms with Crippen molar-refractivity contribution in [2.45, 2.75) is 25.6 Å². The van der Waals surface area contributed by atoms with Gasteiger partial charge in [-0.3, -0.25) is 9.59 Å². The van der Waals surface area contributed by atoms with Crippen LogP contribution in [0.2, 0.25) is 5.02 Å². The molecular weight excluding hydrogens is 320 g/mol. The zero-order chi connectivity index (χ0) is 16.3. The van der Waals surface area contributed by atoms with Crippen LogP contribution in [-0.2, 0) is 6.54 Å². The highest BCUT2D eigenvalue weighted by molar-refractivity contribution is 7.99. The predicted octanol–water partition coefficient (Wildman–Crippen LogP) is 3.16. The van der Waals surface area contributed by atoms with Gasteiger partial charge in [0.05, 0.1) is 5.52 Å². The third-order valence-electron chi connectivity index (χ3n) is 3.58. The van der Waals surface area contributed by atoms with Gasteiger partial charge in [-0.25, -0.2) is 0 Å². The number of nitrogens with one attached hydrogen (secondary N) is 1. The molecule has 0 aliphatic rings. The average molecular weight is 339 g/mol. The van der Waals surface area contributed by atoms with Crippen LogP contribution in [0.3, 0.4) is 0 Å². The van der Waals surface area contributed by atoms with E-state index in [2.05, 4.69) is 5.32 Å². The number of fused-ring (bicyclic) bond motifs is 1. The molecule has 1 aromatic carbocycles. The molecule has 2 rings (SSSR count). The van der Waals surface area contributed by atoms with Gasteiger partial charge in [-0.15, -0.1) is 0 Å². The maximum atomic E-state index is 12.6. The van der Waals surface area contributed by atoms with Crippen molar-refractivity contribution >= 4 is 40.2 Å². The summed E-state index contributed by atoms with van der Waals surface area (Å²) < 4.78 is 1.89. The highest BCUT2D eigenvalue weighted by atomic mass is 35.5. The first-order chi connectivity index (χ1) is 10.5. The van der Waals surface area contributed by atoms with Crippen LogP contribution in [0.4, 0.5) is 0 Å². The van der Waals surface area contributed by atoms with Gasteiger partial charge in [0.25, 0.3) is 5.91 Å². The van der Waals surface area contributed by atoms with Crippen LogP contribution in [0.5, 0.6) is 0 Å². The highest BCUT2D eigenvalue weighted by Gasteiger charge is 2.15. The molecule has 1 N–H and O–H groups in total. The number of hydrogen-bond acceptors (Lipinski definition) is 3. The molecule has 0 radical (unpaired) electrons. The molecule has 0 unspecified atom stereocenters. The first-order valence-corrected chi connectivity index (χ1v) is 8.78. The minimum absolute atomic E-state index is 0.157. The Morgan fingerprint density at radius 1 is 1.45 bits per heavy atom. The van der Waals surface area contributed by atoms with E-state index in [0.29, 0.717) is 28.7 Å². The van der Waals surface area contributed by atoms with Gasteiger partial charge in [-0.2, -0.15) is 11.8 Å². The van der Waals surface area contributed by atoms with E-state index in [1.165, 1.54) is 0 Å². The number of carbonyl (C=O) groups excluding carboxylic acids is 1. The van der Waals surface area contributed by atoms with E-state index < -0.39 is 0 Å². The Balaban J connectivity index is 2.48. The van der Waals surface area contributed by atoms with Gasteiger partial charge >= 0.3 is 0 Å². The number of amides is 1. The second kappa shape index (κ2) is 7.20. The molecule has 0 saturated heterocycles. The molecule has 0 saturated carbocycles. The number of thioether (sulfide) groups is 1. The topological polar surface area (TPSA) is 51.1 Å². The van der Waals surface area contributed by atoms with Crippen LogP contribution in [0, 0.1) is 0 Å². The van der Waals surface area contributed by atoms with Gasteiger partial charge < -0.3 is 9.88 Å². The van der Waals surface area contributed by atoms with Crippen molar-refractivity contribution in [3.63, 3.8) is 0 Å². The van der Waals surface area contributed by atoms with E-state index in [0.717, 1.165) is 5.52 Å². The Bertz CT molecular complexity index is 758. The van der Waals surface area contributed by atoms with Crippen LogP contribution in [0.1, 0.15) is 24.2 Å². The van der Waals surface area contributed by atoms with E-state index in [4.69, 9.17) is 11.6 Å². The lowest BCUT2D eigenvalue weighted by molar-refractivity contribution is 0.0952. The zero-order valence-electron chi connectivity index (χ0n) is 12.9. The number of nitrogens with zero attached hydrogens (tertiary/aromatic N) is 1. The maximum absolute atomic E-state index is 12.6. The third-order valence-corrected chi connectivity index (χ3v) is 4.79. The molecule has 0 aliphatic carbocycles. The normalized spacial score (nSPS) is 12.4. The van der Waals surface area contributed by atoms with Crippen molar-refractivity contribution in [2.75, 3.05) is 12.8 Å². The van der Waals surface area contributed by atoms with E-state index in [1.54, 1.807) is 36.2 Å². The maximum Gasteiger partial charge on any atom is 0.256 e. The van der Waals surface area contributed by atoms with Crippen LogP contribution >= 0.6 is 23.4 Å². The fraction of sp³-hybridized carbons (Fsp3) is 0.375. The molecule has 1 heterocycles. The summed E-state index contributed by atoms with van der Waals surface area (Å²) >= 11 is 7.65. The molecule has 0 spiro atoms. The lowest BCUT2D eigenvalue weighted by Crippen LogP contribution is -2.33. The van der Waals surface area contributed by atoms with Crippen molar-refractivity contribution in [2.24, 2.45) is 0 Å². The number of rotatable bonds is 5. The van der Waals surface area contributed by atoms with Gasteiger partial charge in [0.1, 0.15) is 5.56 Å². The summed E-state index contributed by atoms with van der Waals surface area (Å²) in [6.45, 7) is 5.19. The second-order valence-electron chi connectivity index (χ2n) is 5.08. The average Bonchev–Trinajstić information content (AvgIpc) is 2.53. The monoisotopic (exact) mass is 338 g/mol. The van der Waals surface area contributed by atoms with Crippen molar-refractivity contribution in [1.29, 1.82) is 0 Å². The van der Waals surface area contributed by atoms with Crippen molar-refractivity contribution in [1.82, 2.24) is 9.88 Å². The highest BCUT2D eigenvalue weighted by Crippen LogP contribution is 2.17. The SMILES string of the molecule is CCn1cc(C(=O)NC[C@H](C)SC)c(=O)c2cc(Cl)ccc21. The van der Waals surface area contributed by atoms with Gasteiger partial charge in [0.15, 0.2) is 0 Å². The van der Waals surface area contributed by atoms with Crippen LogP contribution in [0.15, 0.2) is 29.2 Å².